The summed E-state index contributed by atoms with van der Waals surface area (Å²) in [4.78, 5) is 76.1. The zero-order chi connectivity index (χ0) is 41.6. The van der Waals surface area contributed by atoms with E-state index in [1.54, 1.807) is 42.6 Å². The molecule has 2 fully saturated rings. The molecule has 7 rings (SSSR count). The lowest BCUT2D eigenvalue weighted by Gasteiger charge is -2.24. The Hall–Kier alpha value is -6.77. The van der Waals surface area contributed by atoms with Crippen LogP contribution < -0.4 is 21.9 Å². The van der Waals surface area contributed by atoms with Gasteiger partial charge in [0.15, 0.2) is 0 Å². The normalized spacial score (nSPS) is 15.3. The molecule has 1 saturated carbocycles. The summed E-state index contributed by atoms with van der Waals surface area (Å²) in [5.74, 6) is -0.328. The van der Waals surface area contributed by atoms with Crippen molar-refractivity contribution in [2.24, 2.45) is 5.73 Å². The van der Waals surface area contributed by atoms with Crippen LogP contribution in [0.15, 0.2) is 97.2 Å². The van der Waals surface area contributed by atoms with E-state index >= 15 is 0 Å². The molecule has 1 saturated heterocycles. The summed E-state index contributed by atoms with van der Waals surface area (Å²) in [6.07, 6.45) is 11.2. The van der Waals surface area contributed by atoms with Crippen LogP contribution in [0, 0.1) is 0 Å². The predicted molar refractivity (Wildman–Crippen MR) is 223 cm³/mol. The maximum atomic E-state index is 13.1. The highest BCUT2D eigenvalue weighted by atomic mass is 16.6. The van der Waals surface area contributed by atoms with Crippen molar-refractivity contribution in [3.63, 3.8) is 0 Å². The molecule has 3 heterocycles. The number of aromatic nitrogens is 4. The molecule has 0 unspecified atom stereocenters. The number of hydrogen-bond acceptors (Lipinski definition) is 9. The Bertz CT molecular complexity index is 2290. The molecule has 2 aromatic heterocycles. The molecule has 5 aromatic rings. The number of H-pyrrole nitrogens is 2. The predicted octanol–water partition coefficient (Wildman–Crippen LogP) is 6.43. The summed E-state index contributed by atoms with van der Waals surface area (Å²) in [7, 11) is 1.23. The van der Waals surface area contributed by atoms with E-state index in [1.807, 2.05) is 12.1 Å². The summed E-state index contributed by atoms with van der Waals surface area (Å²) in [5.41, 5.74) is 9.27. The average Bonchev–Trinajstić information content (AvgIpc) is 4.06. The summed E-state index contributed by atoms with van der Waals surface area (Å²) >= 11 is 0. The number of carbonyl (C=O) groups excluding carboxylic acids is 4. The van der Waals surface area contributed by atoms with Crippen LogP contribution in [0.25, 0.3) is 44.1 Å². The SMILES string of the molecule is C=CC=C.CC[C@H](NC(=O)OC)C(N)=O.O=C(NCC(=O)N1CCC[C@H]1c1nc2cc(-c3ccc4cc(-c5cnc[nH]5)ccc4c3)ccc2c(=O)[nH]1)OC1CCCC1. The van der Waals surface area contributed by atoms with Crippen LogP contribution in [0.3, 0.4) is 0 Å². The van der Waals surface area contributed by atoms with E-state index in [1.165, 1.54) is 7.11 Å². The van der Waals surface area contributed by atoms with Crippen LogP contribution in [-0.4, -0.2) is 81.2 Å². The smallest absolute Gasteiger partial charge is 0.407 e. The monoisotopic (exact) mass is 790 g/mol. The number of alkyl carbamates (subject to hydrolysis) is 2. The highest BCUT2D eigenvalue weighted by Crippen LogP contribution is 2.32. The third-order valence-electron chi connectivity index (χ3n) is 9.95. The van der Waals surface area contributed by atoms with Crippen LogP contribution in [0.5, 0.6) is 0 Å². The minimum atomic E-state index is -0.643. The van der Waals surface area contributed by atoms with Gasteiger partial charge in [0.2, 0.25) is 11.8 Å². The number of nitrogens with one attached hydrogen (secondary N) is 4. The molecule has 3 aromatic carbocycles. The van der Waals surface area contributed by atoms with Gasteiger partial charge >= 0.3 is 12.2 Å². The molecule has 15 heteroatoms. The van der Waals surface area contributed by atoms with Crippen molar-refractivity contribution < 1.29 is 28.7 Å². The molecule has 4 amide bonds. The first-order valence-corrected chi connectivity index (χ1v) is 19.2. The van der Waals surface area contributed by atoms with Gasteiger partial charge < -0.3 is 40.7 Å². The van der Waals surface area contributed by atoms with Gasteiger partial charge in [0.1, 0.15) is 24.5 Å². The number of imidazole rings is 1. The molecule has 304 valence electrons. The van der Waals surface area contributed by atoms with Crippen LogP contribution in [-0.2, 0) is 19.1 Å². The summed E-state index contributed by atoms with van der Waals surface area (Å²) < 4.78 is 9.68. The second-order valence-electron chi connectivity index (χ2n) is 13.8. The standard InChI is InChI=1S/C33H32N6O4.C6H12N2O3.C4H6/c40-30(18-35-33(42)43-25-4-1-2-5-25)39-13-3-6-29(39)31-37-27-16-23(11-12-26(27)32(41)38-31)21-7-8-22-15-24(10-9-20(22)14-21)28-17-34-19-36-28;1-3-4(5(7)9)8-6(10)11-2;1-3-4-2/h7-12,14-17,19,25,29H,1-6,13,18H2,(H,34,36)(H,35,42)(H,37,38,41);4H,3H2,1-2H3,(H2,7,9)(H,8,10);3-4H,1-2H2/t29-;4-;/m00./s1. The Morgan fingerprint density at radius 3 is 2.26 bits per heavy atom. The number of benzene rings is 3. The van der Waals surface area contributed by atoms with E-state index in [2.05, 4.69) is 79.9 Å². The number of ether oxygens (including phenoxy) is 2. The van der Waals surface area contributed by atoms with Crippen molar-refractivity contribution in [3.05, 3.63) is 109 Å². The Balaban J connectivity index is 0.000000365. The molecular weight excluding hydrogens is 741 g/mol. The lowest BCUT2D eigenvalue weighted by Crippen LogP contribution is -2.43. The molecule has 0 spiro atoms. The van der Waals surface area contributed by atoms with Crippen LogP contribution >= 0.6 is 0 Å². The van der Waals surface area contributed by atoms with Gasteiger partial charge in [0.25, 0.3) is 5.56 Å². The molecule has 1 aliphatic carbocycles. The fraction of sp³-hybridized carbons (Fsp3) is 0.326. The van der Waals surface area contributed by atoms with Crippen molar-refractivity contribution in [1.29, 1.82) is 0 Å². The van der Waals surface area contributed by atoms with Gasteiger partial charge in [-0.1, -0.05) is 62.6 Å². The highest BCUT2D eigenvalue weighted by Gasteiger charge is 2.32. The molecule has 6 N–H and O–H groups in total. The van der Waals surface area contributed by atoms with Crippen LogP contribution in [0.4, 0.5) is 9.59 Å². The van der Waals surface area contributed by atoms with E-state index in [9.17, 15) is 24.0 Å². The number of nitrogens with two attached hydrogens (primary N) is 1. The van der Waals surface area contributed by atoms with E-state index < -0.39 is 24.1 Å². The molecule has 0 radical (unpaired) electrons. The van der Waals surface area contributed by atoms with E-state index in [0.717, 1.165) is 65.3 Å². The number of nitrogens with zero attached hydrogens (tertiary/aromatic N) is 3. The summed E-state index contributed by atoms with van der Waals surface area (Å²) in [6.45, 7) is 8.84. The number of amides is 4. The fourth-order valence-electron chi connectivity index (χ4n) is 6.88. The number of carbonyl (C=O) groups is 4. The number of aromatic amines is 2. The quantitative estimate of drug-likeness (QED) is 0.0985. The van der Waals surface area contributed by atoms with Gasteiger partial charge in [0, 0.05) is 12.1 Å². The molecular formula is C43H50N8O7. The number of likely N-dealkylation sites (tertiary alicyclic amines) is 1. The van der Waals surface area contributed by atoms with Gasteiger partial charge in [-0.2, -0.15) is 0 Å². The third kappa shape index (κ3) is 11.0. The number of hydrogen-bond donors (Lipinski definition) is 5. The molecule has 0 bridgehead atoms. The van der Waals surface area contributed by atoms with Crippen molar-refractivity contribution >= 4 is 45.7 Å². The first-order chi connectivity index (χ1) is 28.0. The fourth-order valence-corrected chi connectivity index (χ4v) is 6.88. The molecule has 2 atom stereocenters. The number of primary amides is 1. The van der Waals surface area contributed by atoms with E-state index in [0.29, 0.717) is 36.1 Å². The Kier molecular flexibility index (Phi) is 14.9. The zero-order valence-electron chi connectivity index (χ0n) is 32.8. The molecule has 58 heavy (non-hydrogen) atoms. The molecule has 15 nitrogen and oxygen atoms in total. The van der Waals surface area contributed by atoms with Gasteiger partial charge in [-0.3, -0.25) is 14.4 Å². The molecule has 1 aliphatic heterocycles. The van der Waals surface area contributed by atoms with Crippen molar-refractivity contribution in [3.8, 4) is 22.4 Å². The van der Waals surface area contributed by atoms with Crippen molar-refractivity contribution in [2.75, 3.05) is 20.2 Å². The second-order valence-corrected chi connectivity index (χ2v) is 13.8. The average molecular weight is 791 g/mol. The number of rotatable bonds is 10. The zero-order valence-corrected chi connectivity index (χ0v) is 32.8. The first-order valence-electron chi connectivity index (χ1n) is 19.2. The van der Waals surface area contributed by atoms with Gasteiger partial charge in [-0.15, -0.1) is 0 Å². The van der Waals surface area contributed by atoms with Crippen molar-refractivity contribution in [1.82, 2.24) is 35.5 Å². The Morgan fingerprint density at radius 2 is 1.62 bits per heavy atom. The Labute approximate surface area is 336 Å². The maximum Gasteiger partial charge on any atom is 0.407 e. The van der Waals surface area contributed by atoms with Crippen molar-refractivity contribution in [2.45, 2.75) is 70.1 Å². The van der Waals surface area contributed by atoms with Gasteiger partial charge in [-0.05, 0) is 91.1 Å². The number of methoxy groups -OCH3 is 1. The minimum Gasteiger partial charge on any atom is -0.453 e. The lowest BCUT2D eigenvalue weighted by atomic mass is 9.98. The highest BCUT2D eigenvalue weighted by molar-refractivity contribution is 5.92. The van der Waals surface area contributed by atoms with E-state index in [-0.39, 0.29) is 30.2 Å². The van der Waals surface area contributed by atoms with Crippen LogP contribution in [0.1, 0.15) is 63.7 Å². The lowest BCUT2D eigenvalue weighted by molar-refractivity contribution is -0.131. The Morgan fingerprint density at radius 1 is 0.948 bits per heavy atom. The molecule has 2 aliphatic rings. The van der Waals surface area contributed by atoms with Gasteiger partial charge in [0.05, 0.1) is 42.3 Å². The number of allylic oxidation sites excluding steroid dienone is 2. The minimum absolute atomic E-state index is 0.0681. The maximum absolute atomic E-state index is 13.1. The van der Waals surface area contributed by atoms with Crippen LogP contribution in [0.2, 0.25) is 0 Å². The first kappa shape index (κ1) is 42.4. The third-order valence-corrected chi connectivity index (χ3v) is 9.95. The largest absolute Gasteiger partial charge is 0.453 e. The second kappa shape index (κ2) is 20.4. The topological polar surface area (TPSA) is 214 Å². The summed E-state index contributed by atoms with van der Waals surface area (Å²) in [5, 5.41) is 7.58. The van der Waals surface area contributed by atoms with Gasteiger partial charge in [-0.25, -0.2) is 19.6 Å². The summed E-state index contributed by atoms with van der Waals surface area (Å²) in [6, 6.07) is 17.2. The number of fused-ring (bicyclic) bond motifs is 2. The van der Waals surface area contributed by atoms with E-state index in [4.69, 9.17) is 15.5 Å².